The minimum atomic E-state index is -0.326. The van der Waals surface area contributed by atoms with E-state index in [0.717, 1.165) is 18.4 Å². The van der Waals surface area contributed by atoms with Gasteiger partial charge in [0.15, 0.2) is 0 Å². The Morgan fingerprint density at radius 2 is 1.89 bits per heavy atom. The van der Waals surface area contributed by atoms with Gasteiger partial charge in [0.25, 0.3) is 0 Å². The molecule has 2 N–H and O–H groups in total. The highest BCUT2D eigenvalue weighted by molar-refractivity contribution is 5.81. The second-order valence-electron chi connectivity index (χ2n) is 6.64. The Balaban J connectivity index is 2.52. The van der Waals surface area contributed by atoms with Crippen molar-refractivity contribution in [3.8, 4) is 0 Å². The Bertz CT molecular complexity index is 274. The van der Waals surface area contributed by atoms with Crippen molar-refractivity contribution in [1.82, 2.24) is 10.6 Å². The van der Waals surface area contributed by atoms with Crippen LogP contribution >= 0.6 is 0 Å². The molecule has 2 atom stereocenters. The Morgan fingerprint density at radius 3 is 2.44 bits per heavy atom. The van der Waals surface area contributed by atoms with E-state index in [-0.39, 0.29) is 11.3 Å². The average Bonchev–Trinajstić information content (AvgIpc) is 2.35. The largest absolute Gasteiger partial charge is 0.359 e. The van der Waals surface area contributed by atoms with Crippen molar-refractivity contribution in [2.75, 3.05) is 13.6 Å². The summed E-state index contributed by atoms with van der Waals surface area (Å²) in [5.41, 5.74) is -0.326. The van der Waals surface area contributed by atoms with Crippen LogP contribution < -0.4 is 10.6 Å². The van der Waals surface area contributed by atoms with Gasteiger partial charge in [0, 0.05) is 19.6 Å². The number of carbonyl (C=O) groups excluding carboxylic acids is 1. The van der Waals surface area contributed by atoms with Crippen LogP contribution in [-0.4, -0.2) is 25.5 Å². The molecule has 1 saturated carbocycles. The van der Waals surface area contributed by atoms with E-state index in [2.05, 4.69) is 24.5 Å². The summed E-state index contributed by atoms with van der Waals surface area (Å²) in [4.78, 5) is 11.8. The van der Waals surface area contributed by atoms with E-state index >= 15 is 0 Å². The van der Waals surface area contributed by atoms with Gasteiger partial charge in [0.05, 0.1) is 5.41 Å². The third-order valence-corrected chi connectivity index (χ3v) is 4.32. The van der Waals surface area contributed by atoms with E-state index in [1.165, 1.54) is 25.7 Å². The molecule has 3 heteroatoms. The molecule has 0 aliphatic heterocycles. The first-order valence-electron chi connectivity index (χ1n) is 7.34. The van der Waals surface area contributed by atoms with E-state index in [1.807, 2.05) is 13.8 Å². The molecule has 106 valence electrons. The first-order valence-corrected chi connectivity index (χ1v) is 7.34. The quantitative estimate of drug-likeness (QED) is 0.791. The molecule has 0 aromatic rings. The van der Waals surface area contributed by atoms with Gasteiger partial charge in [-0.05, 0) is 38.5 Å². The Hall–Kier alpha value is -0.570. The molecule has 1 aliphatic rings. The van der Waals surface area contributed by atoms with Crippen LogP contribution in [0.25, 0.3) is 0 Å². The van der Waals surface area contributed by atoms with Gasteiger partial charge in [-0.3, -0.25) is 4.79 Å². The molecule has 3 nitrogen and oxygen atoms in total. The lowest BCUT2D eigenvalue weighted by molar-refractivity contribution is -0.128. The Kier molecular flexibility index (Phi) is 5.64. The van der Waals surface area contributed by atoms with Crippen LogP contribution in [-0.2, 0) is 4.79 Å². The topological polar surface area (TPSA) is 41.1 Å². The van der Waals surface area contributed by atoms with Gasteiger partial charge in [-0.15, -0.1) is 0 Å². The molecule has 0 aromatic carbocycles. The molecule has 1 fully saturated rings. The number of amides is 1. The molecule has 18 heavy (non-hydrogen) atoms. The molecular formula is C15H30N2O. The monoisotopic (exact) mass is 254 g/mol. The molecule has 0 aromatic heterocycles. The maximum atomic E-state index is 11.8. The zero-order valence-electron chi connectivity index (χ0n) is 12.7. The lowest BCUT2D eigenvalue weighted by Gasteiger charge is -2.37. The van der Waals surface area contributed by atoms with E-state index in [9.17, 15) is 4.79 Å². The smallest absolute Gasteiger partial charge is 0.226 e. The summed E-state index contributed by atoms with van der Waals surface area (Å²) in [5, 5.41) is 6.40. The van der Waals surface area contributed by atoms with E-state index < -0.39 is 0 Å². The highest BCUT2D eigenvalue weighted by atomic mass is 16.2. The van der Waals surface area contributed by atoms with Crippen molar-refractivity contribution < 1.29 is 4.79 Å². The first kappa shape index (κ1) is 15.5. The second-order valence-corrected chi connectivity index (χ2v) is 6.64. The van der Waals surface area contributed by atoms with Crippen LogP contribution in [0.15, 0.2) is 0 Å². The van der Waals surface area contributed by atoms with Crippen molar-refractivity contribution in [2.45, 2.75) is 59.4 Å². The van der Waals surface area contributed by atoms with E-state index in [1.54, 1.807) is 7.05 Å². The van der Waals surface area contributed by atoms with Gasteiger partial charge in [0.2, 0.25) is 5.91 Å². The number of carbonyl (C=O) groups is 1. The summed E-state index contributed by atoms with van der Waals surface area (Å²) in [5.74, 6) is 1.61. The van der Waals surface area contributed by atoms with E-state index in [0.29, 0.717) is 6.04 Å². The number of hydrogen-bond acceptors (Lipinski definition) is 2. The molecule has 1 amide bonds. The molecule has 0 saturated heterocycles. The van der Waals surface area contributed by atoms with Crippen LogP contribution in [0.1, 0.15) is 53.4 Å². The normalized spacial score (nSPS) is 25.2. The minimum Gasteiger partial charge on any atom is -0.359 e. The maximum absolute atomic E-state index is 11.8. The molecule has 0 bridgehead atoms. The fraction of sp³-hybridized carbons (Fsp3) is 0.933. The molecule has 1 rings (SSSR count). The van der Waals surface area contributed by atoms with Crippen molar-refractivity contribution >= 4 is 5.91 Å². The lowest BCUT2D eigenvalue weighted by atomic mass is 9.77. The lowest BCUT2D eigenvalue weighted by Crippen LogP contribution is -2.48. The summed E-state index contributed by atoms with van der Waals surface area (Å²) in [6.45, 7) is 9.40. The fourth-order valence-corrected chi connectivity index (χ4v) is 3.02. The molecule has 0 spiro atoms. The average molecular weight is 254 g/mol. The van der Waals surface area contributed by atoms with Gasteiger partial charge in [0.1, 0.15) is 0 Å². The van der Waals surface area contributed by atoms with Crippen LogP contribution in [0, 0.1) is 17.3 Å². The zero-order chi connectivity index (χ0) is 13.8. The van der Waals surface area contributed by atoms with Crippen molar-refractivity contribution in [3.05, 3.63) is 0 Å². The Morgan fingerprint density at radius 1 is 1.28 bits per heavy atom. The summed E-state index contributed by atoms with van der Waals surface area (Å²) in [6, 6.07) is 0.586. The predicted octanol–water partition coefficient (Wildman–Crippen LogP) is 2.56. The van der Waals surface area contributed by atoms with Crippen molar-refractivity contribution in [3.63, 3.8) is 0 Å². The number of rotatable bonds is 5. The molecule has 0 heterocycles. The number of nitrogens with one attached hydrogen (secondary N) is 2. The maximum Gasteiger partial charge on any atom is 0.226 e. The standard InChI is InChI=1S/C15H30N2O/c1-11(2)12-8-6-7-9-13(12)17-10-15(3,4)14(18)16-5/h11-13,17H,6-10H2,1-5H3,(H,16,18). The second kappa shape index (κ2) is 6.55. The molecule has 2 unspecified atom stereocenters. The fourth-order valence-electron chi connectivity index (χ4n) is 3.02. The third-order valence-electron chi connectivity index (χ3n) is 4.32. The zero-order valence-corrected chi connectivity index (χ0v) is 12.7. The van der Waals surface area contributed by atoms with Crippen LogP contribution in [0.2, 0.25) is 0 Å². The Labute approximate surface area is 112 Å². The van der Waals surface area contributed by atoms with Crippen LogP contribution in [0.3, 0.4) is 0 Å². The highest BCUT2D eigenvalue weighted by Gasteiger charge is 2.31. The first-order chi connectivity index (χ1) is 8.38. The minimum absolute atomic E-state index is 0.118. The summed E-state index contributed by atoms with van der Waals surface area (Å²) < 4.78 is 0. The third kappa shape index (κ3) is 3.98. The molecular weight excluding hydrogens is 224 g/mol. The van der Waals surface area contributed by atoms with Gasteiger partial charge >= 0.3 is 0 Å². The summed E-state index contributed by atoms with van der Waals surface area (Å²) >= 11 is 0. The SMILES string of the molecule is CNC(=O)C(C)(C)CNC1CCCCC1C(C)C. The number of hydrogen-bond donors (Lipinski definition) is 2. The van der Waals surface area contributed by atoms with Gasteiger partial charge in [-0.25, -0.2) is 0 Å². The molecule has 1 aliphatic carbocycles. The summed E-state index contributed by atoms with van der Waals surface area (Å²) in [7, 11) is 1.71. The summed E-state index contributed by atoms with van der Waals surface area (Å²) in [6.07, 6.45) is 5.27. The van der Waals surface area contributed by atoms with Crippen LogP contribution in [0.5, 0.6) is 0 Å². The highest BCUT2D eigenvalue weighted by Crippen LogP contribution is 2.30. The molecule has 0 radical (unpaired) electrons. The van der Waals surface area contributed by atoms with Crippen LogP contribution in [0.4, 0.5) is 0 Å². The van der Waals surface area contributed by atoms with Gasteiger partial charge < -0.3 is 10.6 Å². The van der Waals surface area contributed by atoms with Gasteiger partial charge in [-0.1, -0.05) is 26.7 Å². The van der Waals surface area contributed by atoms with Crippen molar-refractivity contribution in [2.24, 2.45) is 17.3 Å². The van der Waals surface area contributed by atoms with E-state index in [4.69, 9.17) is 0 Å². The van der Waals surface area contributed by atoms with Gasteiger partial charge in [-0.2, -0.15) is 0 Å². The van der Waals surface area contributed by atoms with Crippen molar-refractivity contribution in [1.29, 1.82) is 0 Å². The predicted molar refractivity (Wildman–Crippen MR) is 76.4 cm³/mol.